The molecule has 0 aliphatic carbocycles. The maximum Gasteiger partial charge on any atom is 0.121 e. The Balaban J connectivity index is 3.17. The summed E-state index contributed by atoms with van der Waals surface area (Å²) in [6.07, 6.45) is 0.743. The first-order valence-corrected chi connectivity index (χ1v) is 2.62. The van der Waals surface area contributed by atoms with Crippen LogP contribution in [0.3, 0.4) is 0 Å². The Bertz CT molecular complexity index is 38.5. The second-order valence-corrected chi connectivity index (χ2v) is 2.76. The van der Waals surface area contributed by atoms with Gasteiger partial charge in [0.05, 0.1) is 0 Å². The van der Waals surface area contributed by atoms with Gasteiger partial charge in [0.15, 0.2) is 0 Å². The molecule has 0 heterocycles. The van der Waals surface area contributed by atoms with Gasteiger partial charge in [0, 0.05) is 0 Å². The van der Waals surface area contributed by atoms with Crippen LogP contribution >= 0.6 is 15.9 Å². The van der Waals surface area contributed by atoms with Crippen LogP contribution in [0.2, 0.25) is 0 Å². The Labute approximate surface area is 46.0 Å². The van der Waals surface area contributed by atoms with E-state index in [9.17, 15) is 0 Å². The minimum absolute atomic E-state index is 0.646. The van der Waals surface area contributed by atoms with E-state index in [1.54, 1.807) is 0 Å². The molecule has 0 radical (unpaired) electrons. The first-order chi connectivity index (χ1) is 2.56. The zero-order chi connectivity index (χ0) is 5.21. The summed E-state index contributed by atoms with van der Waals surface area (Å²) < 4.78 is -0.646. The molecule has 0 aliphatic rings. The van der Waals surface area contributed by atoms with E-state index in [2.05, 4.69) is 15.9 Å². The monoisotopic (exact) mass is 152 g/mol. The number of rotatable bonds is 1. The SMILES string of the molecule is CCC(N)(N)Br. The summed E-state index contributed by atoms with van der Waals surface area (Å²) in [5.74, 6) is 0. The first kappa shape index (κ1) is 6.40. The Hall–Kier alpha value is 0.400. The predicted octanol–water partition coefficient (Wildman–Crippen LogP) is 0.363. The molecule has 0 fully saturated rings. The van der Waals surface area contributed by atoms with Gasteiger partial charge < -0.3 is 11.5 Å². The molecule has 0 unspecified atom stereocenters. The standard InChI is InChI=1S/C3H9BrN2/c1-2-3(4,5)6/h2,5-6H2,1H3. The lowest BCUT2D eigenvalue weighted by molar-refractivity contribution is 0.634. The number of halogens is 1. The van der Waals surface area contributed by atoms with Gasteiger partial charge in [-0.3, -0.25) is 0 Å². The van der Waals surface area contributed by atoms with E-state index in [0.29, 0.717) is 0 Å². The zero-order valence-electron chi connectivity index (χ0n) is 3.74. The quantitative estimate of drug-likeness (QED) is 0.324. The molecule has 0 spiro atoms. The average molecular weight is 153 g/mol. The number of hydrogen-bond acceptors (Lipinski definition) is 2. The van der Waals surface area contributed by atoms with E-state index in [1.807, 2.05) is 6.92 Å². The van der Waals surface area contributed by atoms with Gasteiger partial charge in [0.25, 0.3) is 0 Å². The van der Waals surface area contributed by atoms with E-state index >= 15 is 0 Å². The van der Waals surface area contributed by atoms with Crippen molar-refractivity contribution in [3.8, 4) is 0 Å². The summed E-state index contributed by atoms with van der Waals surface area (Å²) in [4.78, 5) is 0. The highest BCUT2D eigenvalue weighted by atomic mass is 79.9. The van der Waals surface area contributed by atoms with E-state index in [4.69, 9.17) is 11.5 Å². The molecule has 4 N–H and O–H groups in total. The number of nitrogens with two attached hydrogens (primary N) is 2. The number of alkyl halides is 1. The molecule has 0 aromatic heterocycles. The van der Waals surface area contributed by atoms with Crippen molar-refractivity contribution in [2.75, 3.05) is 0 Å². The highest BCUT2D eigenvalue weighted by Crippen LogP contribution is 2.03. The van der Waals surface area contributed by atoms with Crippen LogP contribution in [-0.2, 0) is 0 Å². The number of hydrogen-bond donors (Lipinski definition) is 2. The molecule has 6 heavy (non-hydrogen) atoms. The lowest BCUT2D eigenvalue weighted by Gasteiger charge is -2.10. The maximum absolute atomic E-state index is 5.23. The summed E-state index contributed by atoms with van der Waals surface area (Å²) in [6, 6.07) is 0. The van der Waals surface area contributed by atoms with Gasteiger partial charge in [-0.25, -0.2) is 0 Å². The molecule has 0 saturated carbocycles. The van der Waals surface area contributed by atoms with Crippen molar-refractivity contribution < 1.29 is 0 Å². The van der Waals surface area contributed by atoms with Gasteiger partial charge in [-0.2, -0.15) is 0 Å². The molecule has 0 rings (SSSR count). The predicted molar refractivity (Wildman–Crippen MR) is 30.3 cm³/mol. The fraction of sp³-hybridized carbons (Fsp3) is 1.00. The highest BCUT2D eigenvalue weighted by molar-refractivity contribution is 9.10. The molecule has 0 saturated heterocycles. The van der Waals surface area contributed by atoms with Crippen molar-refractivity contribution in [1.82, 2.24) is 0 Å². The minimum atomic E-state index is -0.646. The van der Waals surface area contributed by atoms with E-state index in [1.165, 1.54) is 0 Å². The third kappa shape index (κ3) is 4.40. The second-order valence-electron chi connectivity index (χ2n) is 1.28. The first-order valence-electron chi connectivity index (χ1n) is 1.83. The molecule has 2 nitrogen and oxygen atoms in total. The van der Waals surface area contributed by atoms with Crippen LogP contribution in [0.25, 0.3) is 0 Å². The third-order valence-electron chi connectivity index (χ3n) is 0.542. The molecule has 38 valence electrons. The lowest BCUT2D eigenvalue weighted by atomic mass is 10.4. The third-order valence-corrected chi connectivity index (χ3v) is 1.10. The van der Waals surface area contributed by atoms with Crippen LogP contribution in [0.4, 0.5) is 0 Å². The molecule has 0 aliphatic heterocycles. The van der Waals surface area contributed by atoms with Crippen molar-refractivity contribution in [3.05, 3.63) is 0 Å². The molecular formula is C3H9BrN2. The lowest BCUT2D eigenvalue weighted by Crippen LogP contribution is -2.41. The van der Waals surface area contributed by atoms with Gasteiger partial charge in [-0.15, -0.1) is 0 Å². The van der Waals surface area contributed by atoms with Crippen molar-refractivity contribution in [3.63, 3.8) is 0 Å². The topological polar surface area (TPSA) is 52.0 Å². The average Bonchev–Trinajstić information content (AvgIpc) is 1.35. The Morgan fingerprint density at radius 2 is 1.83 bits per heavy atom. The van der Waals surface area contributed by atoms with Crippen LogP contribution in [0.1, 0.15) is 13.3 Å². The second kappa shape index (κ2) is 1.91. The minimum Gasteiger partial charge on any atom is -0.304 e. The summed E-state index contributed by atoms with van der Waals surface area (Å²) in [5, 5.41) is 0. The van der Waals surface area contributed by atoms with Crippen LogP contribution in [0.5, 0.6) is 0 Å². The van der Waals surface area contributed by atoms with Gasteiger partial charge >= 0.3 is 0 Å². The Morgan fingerprint density at radius 1 is 1.67 bits per heavy atom. The molecule has 0 bridgehead atoms. The maximum atomic E-state index is 5.23. The molecular weight excluding hydrogens is 144 g/mol. The summed E-state index contributed by atoms with van der Waals surface area (Å²) in [7, 11) is 0. The van der Waals surface area contributed by atoms with Gasteiger partial charge in [0.1, 0.15) is 4.57 Å². The largest absolute Gasteiger partial charge is 0.304 e. The van der Waals surface area contributed by atoms with E-state index < -0.39 is 4.57 Å². The Morgan fingerprint density at radius 3 is 1.83 bits per heavy atom. The summed E-state index contributed by atoms with van der Waals surface area (Å²) in [5.41, 5.74) is 10.5. The van der Waals surface area contributed by atoms with Crippen molar-refractivity contribution in [2.24, 2.45) is 11.5 Å². The molecule has 3 heteroatoms. The van der Waals surface area contributed by atoms with Gasteiger partial charge in [-0.05, 0) is 6.42 Å². The van der Waals surface area contributed by atoms with Gasteiger partial charge in [-0.1, -0.05) is 22.9 Å². The molecule has 0 atom stereocenters. The van der Waals surface area contributed by atoms with Gasteiger partial charge in [0.2, 0.25) is 0 Å². The van der Waals surface area contributed by atoms with Crippen LogP contribution < -0.4 is 11.5 Å². The fourth-order valence-corrected chi connectivity index (χ4v) is 0. The van der Waals surface area contributed by atoms with E-state index in [-0.39, 0.29) is 0 Å². The molecule has 0 aromatic carbocycles. The smallest absolute Gasteiger partial charge is 0.121 e. The highest BCUT2D eigenvalue weighted by Gasteiger charge is 2.06. The molecule has 0 amide bonds. The van der Waals surface area contributed by atoms with Crippen molar-refractivity contribution in [1.29, 1.82) is 0 Å². The normalized spacial score (nSPS) is 12.0. The summed E-state index contributed by atoms with van der Waals surface area (Å²) >= 11 is 3.03. The van der Waals surface area contributed by atoms with Crippen LogP contribution in [0.15, 0.2) is 0 Å². The fourth-order valence-electron chi connectivity index (χ4n) is 0. The summed E-state index contributed by atoms with van der Waals surface area (Å²) in [6.45, 7) is 1.91. The van der Waals surface area contributed by atoms with Crippen molar-refractivity contribution >= 4 is 15.9 Å². The van der Waals surface area contributed by atoms with Crippen LogP contribution in [0, 0.1) is 0 Å². The Kier molecular flexibility index (Phi) is 2.04. The van der Waals surface area contributed by atoms with Crippen LogP contribution in [-0.4, -0.2) is 4.57 Å². The molecule has 0 aromatic rings. The zero-order valence-corrected chi connectivity index (χ0v) is 5.33. The van der Waals surface area contributed by atoms with Crippen molar-refractivity contribution in [2.45, 2.75) is 17.9 Å². The van der Waals surface area contributed by atoms with E-state index in [0.717, 1.165) is 6.42 Å².